The molecule has 2 rings (SSSR count). The fourth-order valence-corrected chi connectivity index (χ4v) is 2.69. The normalized spacial score (nSPS) is 39.5. The quantitative estimate of drug-likeness (QED) is 0.749. The third kappa shape index (κ3) is 2.44. The first-order valence-electron chi connectivity index (χ1n) is 6.35. The predicted octanol–water partition coefficient (Wildman–Crippen LogP) is 0.798. The fraction of sp³-hybridized carbons (Fsp3) is 0.833. The molecule has 1 spiro atoms. The zero-order valence-corrected chi connectivity index (χ0v) is 10.7. The average molecular weight is 239 g/mol. The molecular formula is C12H21N3O2. The van der Waals surface area contributed by atoms with Crippen molar-refractivity contribution in [1.29, 1.82) is 0 Å². The van der Waals surface area contributed by atoms with Gasteiger partial charge in [-0.1, -0.05) is 6.92 Å². The Morgan fingerprint density at radius 3 is 2.65 bits per heavy atom. The molecule has 0 radical (unpaired) electrons. The van der Waals surface area contributed by atoms with Gasteiger partial charge in [-0.25, -0.2) is 0 Å². The number of guanidine groups is 1. The monoisotopic (exact) mass is 239 g/mol. The van der Waals surface area contributed by atoms with Gasteiger partial charge in [0.05, 0.1) is 12.2 Å². The van der Waals surface area contributed by atoms with Crippen LogP contribution in [0.5, 0.6) is 0 Å². The topological polar surface area (TPSA) is 62.7 Å². The van der Waals surface area contributed by atoms with Gasteiger partial charge in [0.25, 0.3) is 5.91 Å². The van der Waals surface area contributed by atoms with Gasteiger partial charge >= 0.3 is 0 Å². The first-order chi connectivity index (χ1) is 8.05. The largest absolute Gasteiger partial charge is 0.375 e. The molecule has 2 heterocycles. The van der Waals surface area contributed by atoms with Gasteiger partial charge in [0, 0.05) is 19.4 Å². The van der Waals surface area contributed by atoms with Crippen molar-refractivity contribution in [3.05, 3.63) is 0 Å². The number of carbonyl (C=O) groups excluding carboxylic acids is 1. The number of hydrogen-bond acceptors (Lipinski definition) is 3. The highest BCUT2D eigenvalue weighted by Gasteiger charge is 2.49. The summed E-state index contributed by atoms with van der Waals surface area (Å²) >= 11 is 0. The summed E-state index contributed by atoms with van der Waals surface area (Å²) in [6.45, 7) is 6.82. The van der Waals surface area contributed by atoms with E-state index in [1.165, 1.54) is 0 Å². The molecule has 0 aliphatic carbocycles. The summed E-state index contributed by atoms with van der Waals surface area (Å²) in [7, 11) is 0. The lowest BCUT2D eigenvalue weighted by Gasteiger charge is -2.38. The molecule has 0 aromatic heterocycles. The Hall–Kier alpha value is -1.10. The Kier molecular flexibility index (Phi) is 3.38. The van der Waals surface area contributed by atoms with Crippen LogP contribution >= 0.6 is 0 Å². The molecule has 0 saturated carbocycles. The van der Waals surface area contributed by atoms with Crippen molar-refractivity contribution in [2.75, 3.05) is 6.54 Å². The summed E-state index contributed by atoms with van der Waals surface area (Å²) in [5.41, 5.74) is -0.510. The summed E-state index contributed by atoms with van der Waals surface area (Å²) in [6.07, 6.45) is 2.58. The third-order valence-corrected chi connectivity index (χ3v) is 3.25. The maximum Gasteiger partial charge on any atom is 0.252 e. The molecule has 2 aliphatic heterocycles. The van der Waals surface area contributed by atoms with Crippen LogP contribution in [0.4, 0.5) is 0 Å². The molecule has 2 saturated heterocycles. The second-order valence-electron chi connectivity index (χ2n) is 5.06. The van der Waals surface area contributed by atoms with E-state index in [0.717, 1.165) is 13.0 Å². The summed E-state index contributed by atoms with van der Waals surface area (Å²) < 4.78 is 5.68. The number of ether oxygens (including phenoxy) is 1. The molecule has 5 heteroatoms. The first kappa shape index (κ1) is 12.4. The smallest absolute Gasteiger partial charge is 0.252 e. The van der Waals surface area contributed by atoms with Crippen LogP contribution in [0.2, 0.25) is 0 Å². The summed E-state index contributed by atoms with van der Waals surface area (Å²) in [5, 5.41) is 6.10. The predicted molar refractivity (Wildman–Crippen MR) is 65.8 cm³/mol. The van der Waals surface area contributed by atoms with E-state index in [1.807, 2.05) is 13.8 Å². The van der Waals surface area contributed by atoms with Crippen molar-refractivity contribution in [1.82, 2.24) is 10.6 Å². The Morgan fingerprint density at radius 2 is 2.06 bits per heavy atom. The number of nitrogens with zero attached hydrogens (tertiary/aromatic N) is 1. The standard InChI is InChI=1S/C12H21N3O2/c1-4-5-13-11-14-10(16)12(15-11)6-8(2)17-9(3)7-12/h8-9H,4-7H2,1-3H3,(H2,13,14,15,16). The van der Waals surface area contributed by atoms with E-state index in [1.54, 1.807) is 0 Å². The minimum absolute atomic E-state index is 0.0364. The molecule has 5 nitrogen and oxygen atoms in total. The van der Waals surface area contributed by atoms with Crippen molar-refractivity contribution in [2.24, 2.45) is 4.99 Å². The maximum absolute atomic E-state index is 12.1. The Balaban J connectivity index is 2.12. The SMILES string of the molecule is CCCN=C1NC(=O)C2(CC(C)OC(C)C2)N1. The van der Waals surface area contributed by atoms with E-state index >= 15 is 0 Å². The van der Waals surface area contributed by atoms with E-state index < -0.39 is 5.54 Å². The molecule has 2 N–H and O–H groups in total. The molecule has 1 amide bonds. The van der Waals surface area contributed by atoms with Crippen LogP contribution in [0, 0.1) is 0 Å². The van der Waals surface area contributed by atoms with Crippen molar-refractivity contribution >= 4 is 11.9 Å². The highest BCUT2D eigenvalue weighted by molar-refractivity contribution is 6.09. The van der Waals surface area contributed by atoms with Crippen LogP contribution in [-0.4, -0.2) is 36.2 Å². The van der Waals surface area contributed by atoms with Gasteiger partial charge in [-0.3, -0.25) is 15.1 Å². The summed E-state index contributed by atoms with van der Waals surface area (Å²) in [6, 6.07) is 0. The van der Waals surface area contributed by atoms with Gasteiger partial charge in [-0.05, 0) is 20.3 Å². The minimum atomic E-state index is -0.510. The lowest BCUT2D eigenvalue weighted by Crippen LogP contribution is -2.55. The van der Waals surface area contributed by atoms with Crippen LogP contribution in [-0.2, 0) is 9.53 Å². The number of hydrogen-bond donors (Lipinski definition) is 2. The maximum atomic E-state index is 12.1. The van der Waals surface area contributed by atoms with E-state index in [0.29, 0.717) is 18.8 Å². The summed E-state index contributed by atoms with van der Waals surface area (Å²) in [4.78, 5) is 16.4. The van der Waals surface area contributed by atoms with Crippen LogP contribution < -0.4 is 10.6 Å². The van der Waals surface area contributed by atoms with Crippen molar-refractivity contribution in [3.8, 4) is 0 Å². The summed E-state index contributed by atoms with van der Waals surface area (Å²) in [5.74, 6) is 0.660. The van der Waals surface area contributed by atoms with Crippen LogP contribution in [0.25, 0.3) is 0 Å². The molecule has 2 aliphatic rings. The fourth-order valence-electron chi connectivity index (χ4n) is 2.69. The number of aliphatic imine (C=N–C) groups is 1. The molecule has 2 unspecified atom stereocenters. The second kappa shape index (κ2) is 4.64. The molecule has 96 valence electrons. The van der Waals surface area contributed by atoms with Crippen molar-refractivity contribution in [2.45, 2.75) is 57.8 Å². The highest BCUT2D eigenvalue weighted by atomic mass is 16.5. The van der Waals surface area contributed by atoms with Gasteiger partial charge in [-0.15, -0.1) is 0 Å². The van der Waals surface area contributed by atoms with Gasteiger partial charge in [0.1, 0.15) is 5.54 Å². The number of nitrogens with one attached hydrogen (secondary N) is 2. The Labute approximate surface area is 102 Å². The molecule has 2 atom stereocenters. The van der Waals surface area contributed by atoms with E-state index in [2.05, 4.69) is 22.5 Å². The molecular weight excluding hydrogens is 218 g/mol. The molecule has 0 aromatic carbocycles. The zero-order valence-electron chi connectivity index (χ0n) is 10.7. The van der Waals surface area contributed by atoms with E-state index in [-0.39, 0.29) is 18.1 Å². The number of amides is 1. The minimum Gasteiger partial charge on any atom is -0.375 e. The van der Waals surface area contributed by atoms with Crippen molar-refractivity contribution in [3.63, 3.8) is 0 Å². The van der Waals surface area contributed by atoms with Crippen LogP contribution in [0.15, 0.2) is 4.99 Å². The Morgan fingerprint density at radius 1 is 1.41 bits per heavy atom. The average Bonchev–Trinajstić information content (AvgIpc) is 2.51. The third-order valence-electron chi connectivity index (χ3n) is 3.25. The van der Waals surface area contributed by atoms with Gasteiger partial charge < -0.3 is 10.1 Å². The molecule has 0 bridgehead atoms. The molecule has 2 fully saturated rings. The number of rotatable bonds is 2. The first-order valence-corrected chi connectivity index (χ1v) is 6.35. The van der Waals surface area contributed by atoms with Crippen LogP contribution in [0.1, 0.15) is 40.0 Å². The molecule has 17 heavy (non-hydrogen) atoms. The molecule has 0 aromatic rings. The second-order valence-corrected chi connectivity index (χ2v) is 5.06. The van der Waals surface area contributed by atoms with Gasteiger partial charge in [-0.2, -0.15) is 0 Å². The number of carbonyl (C=O) groups is 1. The lowest BCUT2D eigenvalue weighted by atomic mass is 9.84. The van der Waals surface area contributed by atoms with Gasteiger partial charge in [0.15, 0.2) is 5.96 Å². The van der Waals surface area contributed by atoms with E-state index in [9.17, 15) is 4.79 Å². The van der Waals surface area contributed by atoms with Gasteiger partial charge in [0.2, 0.25) is 0 Å². The van der Waals surface area contributed by atoms with Crippen LogP contribution in [0.3, 0.4) is 0 Å². The Bertz CT molecular complexity index is 331. The van der Waals surface area contributed by atoms with E-state index in [4.69, 9.17) is 4.74 Å². The highest BCUT2D eigenvalue weighted by Crippen LogP contribution is 2.31. The van der Waals surface area contributed by atoms with Crippen molar-refractivity contribution < 1.29 is 9.53 Å². The lowest BCUT2D eigenvalue weighted by molar-refractivity contribution is -0.133. The zero-order chi connectivity index (χ0) is 12.5.